The molecule has 0 saturated heterocycles. The van der Waals surface area contributed by atoms with Crippen LogP contribution in [0.5, 0.6) is 0 Å². The van der Waals surface area contributed by atoms with E-state index < -0.39 is 0 Å². The van der Waals surface area contributed by atoms with E-state index in [9.17, 15) is 0 Å². The molecule has 0 atom stereocenters. The fraction of sp³-hybridized carbons (Fsp3) is 0. The molecule has 11 aromatic rings. The van der Waals surface area contributed by atoms with Crippen molar-refractivity contribution in [3.05, 3.63) is 140 Å². The van der Waals surface area contributed by atoms with Gasteiger partial charge in [0.15, 0.2) is 5.82 Å². The maximum atomic E-state index is 5.30. The van der Waals surface area contributed by atoms with Crippen molar-refractivity contribution in [1.29, 1.82) is 0 Å². The Bertz CT molecular complexity index is 2970. The molecule has 45 heavy (non-hydrogen) atoms. The molecule has 0 aliphatic heterocycles. The minimum absolute atomic E-state index is 0.744. The first-order valence-corrected chi connectivity index (χ1v) is 15.4. The lowest BCUT2D eigenvalue weighted by atomic mass is 9.89. The number of nitrogens with zero attached hydrogens (tertiary/aromatic N) is 3. The van der Waals surface area contributed by atoms with Crippen molar-refractivity contribution in [3.8, 4) is 22.6 Å². The molecule has 0 aliphatic rings. The number of hydrogen-bond donors (Lipinski definition) is 0. The fourth-order valence-electron chi connectivity index (χ4n) is 8.05. The SMILES string of the molecule is c1ccc(-c2nc(-c3cccc4c3cc3c5c4c4ccccc4c4ccc6c7ccccc7n3c6c45)nc3ccccc23)cc1. The molecular formula is C42H23N3. The summed E-state index contributed by atoms with van der Waals surface area (Å²) >= 11 is 0. The normalized spacial score (nSPS) is 12.4. The Hall–Kier alpha value is -6.06. The number of para-hydroxylation sites is 2. The smallest absolute Gasteiger partial charge is 0.161 e. The highest BCUT2D eigenvalue weighted by Gasteiger charge is 2.25. The average molecular weight is 570 g/mol. The van der Waals surface area contributed by atoms with Gasteiger partial charge in [-0.2, -0.15) is 0 Å². The third-order valence-corrected chi connectivity index (χ3v) is 9.87. The van der Waals surface area contributed by atoms with E-state index in [1.165, 1.54) is 65.0 Å². The zero-order valence-electron chi connectivity index (χ0n) is 24.1. The highest BCUT2D eigenvalue weighted by Crippen LogP contribution is 2.49. The minimum atomic E-state index is 0.744. The van der Waals surface area contributed by atoms with E-state index >= 15 is 0 Å². The summed E-state index contributed by atoms with van der Waals surface area (Å²) in [6.07, 6.45) is 0. The Labute approximate surface area is 257 Å². The van der Waals surface area contributed by atoms with Crippen molar-refractivity contribution in [3.63, 3.8) is 0 Å². The molecule has 8 aromatic carbocycles. The number of benzene rings is 8. The number of fused-ring (bicyclic) bond motifs is 10. The van der Waals surface area contributed by atoms with Crippen molar-refractivity contribution >= 4 is 81.3 Å². The van der Waals surface area contributed by atoms with Crippen LogP contribution in [-0.2, 0) is 0 Å². The fourth-order valence-corrected chi connectivity index (χ4v) is 8.05. The van der Waals surface area contributed by atoms with Crippen molar-refractivity contribution in [1.82, 2.24) is 14.4 Å². The van der Waals surface area contributed by atoms with Crippen LogP contribution in [0.4, 0.5) is 0 Å². The summed E-state index contributed by atoms with van der Waals surface area (Å²) in [6, 6.07) is 50.2. The van der Waals surface area contributed by atoms with Crippen LogP contribution in [0.25, 0.3) is 104 Å². The molecule has 11 rings (SSSR count). The number of aromatic nitrogens is 3. The lowest BCUT2D eigenvalue weighted by molar-refractivity contribution is 1.23. The third-order valence-electron chi connectivity index (χ3n) is 9.87. The van der Waals surface area contributed by atoms with Gasteiger partial charge < -0.3 is 4.40 Å². The van der Waals surface area contributed by atoms with Gasteiger partial charge in [-0.05, 0) is 45.1 Å². The van der Waals surface area contributed by atoms with Crippen LogP contribution < -0.4 is 0 Å². The van der Waals surface area contributed by atoms with Crippen molar-refractivity contribution < 1.29 is 0 Å². The zero-order chi connectivity index (χ0) is 29.2. The lowest BCUT2D eigenvalue weighted by Gasteiger charge is -2.15. The standard InChI is InChI=1S/C42H23N3/c1-2-11-24(12-3-1)40-32-16-6-8-19-34(32)43-42(44-40)31-18-10-17-28-33(31)23-36-39-37(28)27-15-5-4-13-25(27)29-21-22-30-26-14-7-9-20-35(26)45(36)41(30)38(29)39/h1-23H. The first kappa shape index (κ1) is 23.4. The maximum absolute atomic E-state index is 5.30. The Kier molecular flexibility index (Phi) is 4.32. The summed E-state index contributed by atoms with van der Waals surface area (Å²) < 4.78 is 2.50. The van der Waals surface area contributed by atoms with E-state index in [-0.39, 0.29) is 0 Å². The molecule has 0 spiro atoms. The predicted octanol–water partition coefficient (Wildman–Crippen LogP) is 11.0. The van der Waals surface area contributed by atoms with Crippen molar-refractivity contribution in [2.75, 3.05) is 0 Å². The molecule has 0 bridgehead atoms. The Morgan fingerprint density at radius 3 is 1.96 bits per heavy atom. The Balaban J connectivity index is 1.37. The number of hydrogen-bond acceptors (Lipinski definition) is 2. The van der Waals surface area contributed by atoms with E-state index in [1.54, 1.807) is 0 Å². The second-order valence-corrected chi connectivity index (χ2v) is 12.1. The van der Waals surface area contributed by atoms with Gasteiger partial charge in [-0.1, -0.05) is 121 Å². The summed E-state index contributed by atoms with van der Waals surface area (Å²) in [6.45, 7) is 0. The monoisotopic (exact) mass is 569 g/mol. The van der Waals surface area contributed by atoms with Crippen molar-refractivity contribution in [2.45, 2.75) is 0 Å². The van der Waals surface area contributed by atoms with Gasteiger partial charge in [-0.15, -0.1) is 0 Å². The van der Waals surface area contributed by atoms with Gasteiger partial charge in [0.1, 0.15) is 0 Å². The van der Waals surface area contributed by atoms with Crippen LogP contribution in [0, 0.1) is 0 Å². The zero-order valence-corrected chi connectivity index (χ0v) is 24.1. The van der Waals surface area contributed by atoms with Gasteiger partial charge in [0.25, 0.3) is 0 Å². The Morgan fingerprint density at radius 2 is 1.07 bits per heavy atom. The number of rotatable bonds is 2. The van der Waals surface area contributed by atoms with Crippen LogP contribution in [0.2, 0.25) is 0 Å². The van der Waals surface area contributed by atoms with Crippen LogP contribution >= 0.6 is 0 Å². The highest BCUT2D eigenvalue weighted by atomic mass is 14.9. The van der Waals surface area contributed by atoms with E-state index in [1.807, 2.05) is 6.07 Å². The molecule has 0 fully saturated rings. The highest BCUT2D eigenvalue weighted by molar-refractivity contribution is 6.42. The summed E-state index contributed by atoms with van der Waals surface area (Å²) in [5, 5.41) is 13.9. The van der Waals surface area contributed by atoms with Gasteiger partial charge in [-0.25, -0.2) is 9.97 Å². The summed E-state index contributed by atoms with van der Waals surface area (Å²) in [7, 11) is 0. The largest absolute Gasteiger partial charge is 0.308 e. The maximum Gasteiger partial charge on any atom is 0.161 e. The Morgan fingerprint density at radius 1 is 0.400 bits per heavy atom. The van der Waals surface area contributed by atoms with Gasteiger partial charge in [-0.3, -0.25) is 0 Å². The quantitative estimate of drug-likeness (QED) is 0.194. The van der Waals surface area contributed by atoms with Gasteiger partial charge in [0, 0.05) is 43.4 Å². The second-order valence-electron chi connectivity index (χ2n) is 12.1. The van der Waals surface area contributed by atoms with Crippen LogP contribution in [0.1, 0.15) is 0 Å². The van der Waals surface area contributed by atoms with E-state index in [0.717, 1.165) is 38.9 Å². The van der Waals surface area contributed by atoms with E-state index in [0.29, 0.717) is 0 Å². The molecule has 3 nitrogen and oxygen atoms in total. The van der Waals surface area contributed by atoms with E-state index in [4.69, 9.17) is 9.97 Å². The van der Waals surface area contributed by atoms with Crippen molar-refractivity contribution in [2.24, 2.45) is 0 Å². The molecule has 0 unspecified atom stereocenters. The summed E-state index contributed by atoms with van der Waals surface area (Å²) in [5.74, 6) is 0.744. The summed E-state index contributed by atoms with van der Waals surface area (Å²) in [5.41, 5.74) is 7.82. The molecule has 0 N–H and O–H groups in total. The lowest BCUT2D eigenvalue weighted by Crippen LogP contribution is -1.96. The first-order chi connectivity index (χ1) is 22.3. The molecule has 0 saturated carbocycles. The molecule has 3 heteroatoms. The topological polar surface area (TPSA) is 30.2 Å². The molecule has 3 aromatic heterocycles. The second kappa shape index (κ2) is 8.31. The molecule has 3 heterocycles. The third kappa shape index (κ3) is 2.90. The molecular weight excluding hydrogens is 546 g/mol. The van der Waals surface area contributed by atoms with Crippen LogP contribution in [0.3, 0.4) is 0 Å². The average Bonchev–Trinajstić information content (AvgIpc) is 3.63. The molecule has 0 aliphatic carbocycles. The summed E-state index contributed by atoms with van der Waals surface area (Å²) in [4.78, 5) is 10.5. The van der Waals surface area contributed by atoms with Gasteiger partial charge in [0.2, 0.25) is 0 Å². The predicted molar refractivity (Wildman–Crippen MR) is 189 cm³/mol. The molecule has 0 radical (unpaired) electrons. The van der Waals surface area contributed by atoms with Crippen LogP contribution in [-0.4, -0.2) is 14.4 Å². The van der Waals surface area contributed by atoms with E-state index in [2.05, 4.69) is 138 Å². The first-order valence-electron chi connectivity index (χ1n) is 15.4. The minimum Gasteiger partial charge on any atom is -0.308 e. The molecule has 0 amide bonds. The van der Waals surface area contributed by atoms with Crippen LogP contribution in [0.15, 0.2) is 140 Å². The molecule has 206 valence electrons. The van der Waals surface area contributed by atoms with Gasteiger partial charge in [0.05, 0.1) is 27.8 Å². The van der Waals surface area contributed by atoms with Gasteiger partial charge >= 0.3 is 0 Å².